The number of halogens is 2. The maximum atomic E-state index is 13.6. The Kier molecular flexibility index (Phi) is 3.89. The van der Waals surface area contributed by atoms with Gasteiger partial charge in [0.2, 0.25) is 0 Å². The Morgan fingerprint density at radius 3 is 2.60 bits per heavy atom. The summed E-state index contributed by atoms with van der Waals surface area (Å²) in [6, 6.07) is 8.34. The Morgan fingerprint density at radius 1 is 1.10 bits per heavy atom. The minimum Gasteiger partial charge on any atom is -0.314 e. The van der Waals surface area contributed by atoms with Gasteiger partial charge in [0, 0.05) is 37.8 Å². The molecule has 106 valence electrons. The van der Waals surface area contributed by atoms with Gasteiger partial charge in [-0.1, -0.05) is 18.2 Å². The third-order valence-electron chi connectivity index (χ3n) is 3.79. The highest BCUT2D eigenvalue weighted by Gasteiger charge is 2.31. The Hall–Kier alpha value is -1.59. The maximum absolute atomic E-state index is 13.6. The van der Waals surface area contributed by atoms with E-state index in [4.69, 9.17) is 0 Å². The van der Waals surface area contributed by atoms with E-state index in [1.807, 2.05) is 29.2 Å². The first-order valence-corrected chi connectivity index (χ1v) is 6.84. The number of para-hydroxylation sites is 1. The van der Waals surface area contributed by atoms with Crippen LogP contribution in [-0.2, 0) is 0 Å². The molecule has 0 saturated carbocycles. The monoisotopic (exact) mass is 277 g/mol. The van der Waals surface area contributed by atoms with Gasteiger partial charge in [0.1, 0.15) is 0 Å². The van der Waals surface area contributed by atoms with Gasteiger partial charge in [-0.15, -0.1) is 0 Å². The third-order valence-corrected chi connectivity index (χ3v) is 3.79. The normalized spacial score (nSPS) is 18.6. The third kappa shape index (κ3) is 2.51. The lowest BCUT2D eigenvalue weighted by Crippen LogP contribution is -2.47. The van der Waals surface area contributed by atoms with E-state index in [0.29, 0.717) is 18.7 Å². The van der Waals surface area contributed by atoms with Crippen LogP contribution in [0.25, 0.3) is 10.9 Å². The highest BCUT2D eigenvalue weighted by atomic mass is 19.3. The summed E-state index contributed by atoms with van der Waals surface area (Å²) in [4.78, 5) is 6.12. The molecule has 5 heteroatoms. The number of hydrogen-bond donors (Lipinski definition) is 1. The summed E-state index contributed by atoms with van der Waals surface area (Å²) in [7, 11) is 0. The van der Waals surface area contributed by atoms with Crippen molar-refractivity contribution in [2.24, 2.45) is 0 Å². The van der Waals surface area contributed by atoms with Crippen molar-refractivity contribution < 1.29 is 8.78 Å². The molecule has 1 aromatic heterocycles. The predicted octanol–water partition coefficient (Wildman–Crippen LogP) is 2.45. The van der Waals surface area contributed by atoms with Crippen LogP contribution < -0.4 is 5.32 Å². The summed E-state index contributed by atoms with van der Waals surface area (Å²) >= 11 is 0. The lowest BCUT2D eigenvalue weighted by molar-refractivity contribution is 0.0189. The molecule has 1 aliphatic heterocycles. The molecule has 1 atom stereocenters. The number of nitrogens with one attached hydrogen (secondary N) is 1. The molecular weight excluding hydrogens is 260 g/mol. The van der Waals surface area contributed by atoms with Crippen molar-refractivity contribution in [2.45, 2.75) is 12.5 Å². The second-order valence-corrected chi connectivity index (χ2v) is 4.98. The topological polar surface area (TPSA) is 28.2 Å². The SMILES string of the molecule is FC(F)[C@@H](c1ccnc2ccccc12)N1CCNCC1. The molecule has 0 unspecified atom stereocenters. The molecule has 3 nitrogen and oxygen atoms in total. The van der Waals surface area contributed by atoms with Crippen molar-refractivity contribution in [3.8, 4) is 0 Å². The van der Waals surface area contributed by atoms with Crippen LogP contribution >= 0.6 is 0 Å². The zero-order valence-corrected chi connectivity index (χ0v) is 11.1. The quantitative estimate of drug-likeness (QED) is 0.934. The van der Waals surface area contributed by atoms with E-state index >= 15 is 0 Å². The zero-order valence-electron chi connectivity index (χ0n) is 11.1. The molecule has 2 heterocycles. The van der Waals surface area contributed by atoms with Crippen LogP contribution in [0.5, 0.6) is 0 Å². The summed E-state index contributed by atoms with van der Waals surface area (Å²) in [5.41, 5.74) is 1.44. The molecule has 0 bridgehead atoms. The first-order valence-electron chi connectivity index (χ1n) is 6.84. The molecule has 1 fully saturated rings. The van der Waals surface area contributed by atoms with Gasteiger partial charge in [0.05, 0.1) is 11.6 Å². The van der Waals surface area contributed by atoms with Crippen LogP contribution in [0.15, 0.2) is 36.5 Å². The predicted molar refractivity (Wildman–Crippen MR) is 74.9 cm³/mol. The highest BCUT2D eigenvalue weighted by molar-refractivity contribution is 5.82. The smallest absolute Gasteiger partial charge is 0.258 e. The van der Waals surface area contributed by atoms with E-state index < -0.39 is 12.5 Å². The van der Waals surface area contributed by atoms with Crippen molar-refractivity contribution in [3.63, 3.8) is 0 Å². The number of hydrogen-bond acceptors (Lipinski definition) is 3. The Bertz CT molecular complexity index is 577. The summed E-state index contributed by atoms with van der Waals surface area (Å²) < 4.78 is 27.2. The van der Waals surface area contributed by atoms with Crippen LogP contribution in [0, 0.1) is 0 Å². The van der Waals surface area contributed by atoms with Crippen molar-refractivity contribution in [1.82, 2.24) is 15.2 Å². The lowest BCUT2D eigenvalue weighted by atomic mass is 10.0. The molecule has 20 heavy (non-hydrogen) atoms. The summed E-state index contributed by atoms with van der Waals surface area (Å²) in [6.07, 6.45) is -0.784. The van der Waals surface area contributed by atoms with E-state index in [-0.39, 0.29) is 0 Å². The average molecular weight is 277 g/mol. The summed E-state index contributed by atoms with van der Waals surface area (Å²) in [5, 5.41) is 4.02. The minimum absolute atomic E-state index is 0.645. The molecule has 0 spiro atoms. The van der Waals surface area contributed by atoms with Gasteiger partial charge in [-0.3, -0.25) is 9.88 Å². The van der Waals surface area contributed by atoms with Crippen LogP contribution in [0.1, 0.15) is 11.6 Å². The van der Waals surface area contributed by atoms with Crippen molar-refractivity contribution in [2.75, 3.05) is 26.2 Å². The van der Waals surface area contributed by atoms with Crippen LogP contribution in [-0.4, -0.2) is 42.5 Å². The van der Waals surface area contributed by atoms with Crippen LogP contribution in [0.3, 0.4) is 0 Å². The number of aromatic nitrogens is 1. The second kappa shape index (κ2) is 5.81. The Morgan fingerprint density at radius 2 is 1.85 bits per heavy atom. The van der Waals surface area contributed by atoms with E-state index in [9.17, 15) is 8.78 Å². The molecule has 1 aliphatic rings. The number of piperazine rings is 1. The second-order valence-electron chi connectivity index (χ2n) is 4.98. The molecule has 2 aromatic rings. The molecule has 0 radical (unpaired) electrons. The fourth-order valence-corrected chi connectivity index (χ4v) is 2.83. The fraction of sp³-hybridized carbons (Fsp3) is 0.400. The van der Waals surface area contributed by atoms with Gasteiger partial charge in [0.25, 0.3) is 6.43 Å². The molecular formula is C15H17F2N3. The van der Waals surface area contributed by atoms with Crippen molar-refractivity contribution in [1.29, 1.82) is 0 Å². The van der Waals surface area contributed by atoms with Crippen LogP contribution in [0.4, 0.5) is 8.78 Å². The molecule has 3 rings (SSSR count). The van der Waals surface area contributed by atoms with Gasteiger partial charge >= 0.3 is 0 Å². The van der Waals surface area contributed by atoms with Crippen LogP contribution in [0.2, 0.25) is 0 Å². The average Bonchev–Trinajstić information content (AvgIpc) is 2.48. The fourth-order valence-electron chi connectivity index (χ4n) is 2.83. The standard InChI is InChI=1S/C15H17F2N3/c16-15(17)14(20-9-7-18-8-10-20)12-5-6-19-13-4-2-1-3-11(12)13/h1-6,14-15,18H,7-10H2/t14-/m1/s1. The van der Waals surface area contributed by atoms with Gasteiger partial charge in [-0.05, 0) is 17.7 Å². The van der Waals surface area contributed by atoms with E-state index in [2.05, 4.69) is 10.3 Å². The number of benzene rings is 1. The van der Waals surface area contributed by atoms with E-state index in [1.54, 1.807) is 12.3 Å². The molecule has 0 amide bonds. The first-order chi connectivity index (χ1) is 9.77. The van der Waals surface area contributed by atoms with Crippen molar-refractivity contribution >= 4 is 10.9 Å². The minimum atomic E-state index is -2.40. The number of rotatable bonds is 3. The van der Waals surface area contributed by atoms with E-state index in [0.717, 1.165) is 24.0 Å². The summed E-state index contributed by atoms with van der Waals surface area (Å²) in [5.74, 6) is 0. The lowest BCUT2D eigenvalue weighted by Gasteiger charge is -2.35. The molecule has 1 aromatic carbocycles. The first kappa shape index (κ1) is 13.4. The summed E-state index contributed by atoms with van der Waals surface area (Å²) in [6.45, 7) is 2.80. The highest BCUT2D eigenvalue weighted by Crippen LogP contribution is 2.32. The van der Waals surface area contributed by atoms with E-state index in [1.165, 1.54) is 0 Å². The number of fused-ring (bicyclic) bond motifs is 1. The Balaban J connectivity index is 2.05. The zero-order chi connectivity index (χ0) is 13.9. The molecule has 1 N–H and O–H groups in total. The molecule has 0 aliphatic carbocycles. The largest absolute Gasteiger partial charge is 0.314 e. The number of alkyl halides is 2. The number of nitrogens with zero attached hydrogens (tertiary/aromatic N) is 2. The Labute approximate surface area is 116 Å². The van der Waals surface area contributed by atoms with Gasteiger partial charge in [-0.25, -0.2) is 8.78 Å². The maximum Gasteiger partial charge on any atom is 0.258 e. The van der Waals surface area contributed by atoms with Gasteiger partial charge < -0.3 is 5.32 Å². The molecule has 1 saturated heterocycles. The van der Waals surface area contributed by atoms with Gasteiger partial charge in [0.15, 0.2) is 0 Å². The van der Waals surface area contributed by atoms with Gasteiger partial charge in [-0.2, -0.15) is 0 Å². The number of pyridine rings is 1. The van der Waals surface area contributed by atoms with Crippen molar-refractivity contribution in [3.05, 3.63) is 42.1 Å².